The average Bonchev–Trinajstić information content (AvgIpc) is 2.60. The second-order valence-electron chi connectivity index (χ2n) is 5.14. The lowest BCUT2D eigenvalue weighted by atomic mass is 10.2. The standard InChI is InChI=1S/C15H15N5O5/c1-18-13(16)12(14(22)19(2)15(18)23)17-11(21)7-6-9-4-3-5-10(8-9)20(24)25/h3-8H,16H2,1-2H3,(H,17,21)/b7-6+. The van der Waals surface area contributed by atoms with E-state index >= 15 is 0 Å². The van der Waals surface area contributed by atoms with Gasteiger partial charge in [0.2, 0.25) is 5.91 Å². The van der Waals surface area contributed by atoms with Gasteiger partial charge in [-0.3, -0.25) is 28.8 Å². The number of nitrogens with one attached hydrogen (secondary N) is 1. The first-order chi connectivity index (χ1) is 11.7. The summed E-state index contributed by atoms with van der Waals surface area (Å²) in [5.41, 5.74) is 4.44. The molecule has 2 rings (SSSR count). The minimum Gasteiger partial charge on any atom is -0.383 e. The lowest BCUT2D eigenvalue weighted by molar-refractivity contribution is -0.384. The summed E-state index contributed by atoms with van der Waals surface area (Å²) in [4.78, 5) is 45.9. The number of carbonyl (C=O) groups excluding carboxylic acids is 1. The normalized spacial score (nSPS) is 10.8. The van der Waals surface area contributed by atoms with E-state index in [9.17, 15) is 24.5 Å². The van der Waals surface area contributed by atoms with E-state index in [2.05, 4.69) is 5.32 Å². The second kappa shape index (κ2) is 6.83. The first-order valence-corrected chi connectivity index (χ1v) is 7.01. The summed E-state index contributed by atoms with van der Waals surface area (Å²) in [7, 11) is 2.63. The molecule has 0 atom stereocenters. The van der Waals surface area contributed by atoms with Crippen molar-refractivity contribution >= 4 is 29.2 Å². The van der Waals surface area contributed by atoms with E-state index in [1.54, 1.807) is 6.07 Å². The predicted molar refractivity (Wildman–Crippen MR) is 92.1 cm³/mol. The molecule has 0 radical (unpaired) electrons. The van der Waals surface area contributed by atoms with Gasteiger partial charge in [-0.05, 0) is 11.6 Å². The Balaban J connectivity index is 2.27. The smallest absolute Gasteiger partial charge is 0.332 e. The molecular weight excluding hydrogens is 330 g/mol. The van der Waals surface area contributed by atoms with Crippen LogP contribution in [0.2, 0.25) is 0 Å². The molecule has 25 heavy (non-hydrogen) atoms. The number of non-ortho nitro benzene ring substituents is 1. The quantitative estimate of drug-likeness (QED) is 0.461. The fourth-order valence-electron chi connectivity index (χ4n) is 2.06. The van der Waals surface area contributed by atoms with Gasteiger partial charge in [0.15, 0.2) is 0 Å². The van der Waals surface area contributed by atoms with Gasteiger partial charge in [0.05, 0.1) is 4.92 Å². The maximum atomic E-state index is 12.0. The predicted octanol–water partition coefficient (Wildman–Crippen LogP) is 0.226. The number of aromatic nitrogens is 2. The van der Waals surface area contributed by atoms with Crippen molar-refractivity contribution in [2.45, 2.75) is 0 Å². The van der Waals surface area contributed by atoms with Gasteiger partial charge in [-0.2, -0.15) is 0 Å². The van der Waals surface area contributed by atoms with Crippen molar-refractivity contribution in [3.63, 3.8) is 0 Å². The van der Waals surface area contributed by atoms with E-state index < -0.39 is 22.1 Å². The molecule has 1 aromatic heterocycles. The lowest BCUT2D eigenvalue weighted by Crippen LogP contribution is -2.40. The zero-order valence-electron chi connectivity index (χ0n) is 13.4. The van der Waals surface area contributed by atoms with Gasteiger partial charge >= 0.3 is 5.69 Å². The number of nitro benzene ring substituents is 1. The lowest BCUT2D eigenvalue weighted by Gasteiger charge is -2.11. The summed E-state index contributed by atoms with van der Waals surface area (Å²) in [5, 5.41) is 13.0. The second-order valence-corrected chi connectivity index (χ2v) is 5.14. The van der Waals surface area contributed by atoms with Gasteiger partial charge in [-0.25, -0.2) is 4.79 Å². The van der Waals surface area contributed by atoms with Crippen molar-refractivity contribution in [3.05, 3.63) is 66.9 Å². The van der Waals surface area contributed by atoms with Crippen molar-refractivity contribution in [1.82, 2.24) is 9.13 Å². The number of anilines is 2. The Labute approximate surface area is 141 Å². The van der Waals surface area contributed by atoms with Crippen LogP contribution in [0.1, 0.15) is 5.56 Å². The molecule has 0 unspecified atom stereocenters. The van der Waals surface area contributed by atoms with Crippen LogP contribution < -0.4 is 22.3 Å². The average molecular weight is 345 g/mol. The van der Waals surface area contributed by atoms with Gasteiger partial charge in [-0.1, -0.05) is 12.1 Å². The van der Waals surface area contributed by atoms with E-state index in [0.717, 1.165) is 15.2 Å². The maximum Gasteiger partial charge on any atom is 0.332 e. The van der Waals surface area contributed by atoms with Crippen LogP contribution in [0, 0.1) is 10.1 Å². The third-order valence-corrected chi connectivity index (χ3v) is 3.47. The van der Waals surface area contributed by atoms with Crippen LogP contribution in [0.5, 0.6) is 0 Å². The number of hydrogen-bond donors (Lipinski definition) is 2. The number of nitrogens with two attached hydrogens (primary N) is 1. The molecule has 0 saturated heterocycles. The van der Waals surface area contributed by atoms with E-state index in [1.165, 1.54) is 38.4 Å². The Morgan fingerprint density at radius 2 is 1.96 bits per heavy atom. The van der Waals surface area contributed by atoms with Crippen LogP contribution in [-0.4, -0.2) is 20.0 Å². The molecule has 0 spiro atoms. The van der Waals surface area contributed by atoms with Crippen LogP contribution in [0.15, 0.2) is 39.9 Å². The zero-order chi connectivity index (χ0) is 18.7. The Morgan fingerprint density at radius 3 is 2.60 bits per heavy atom. The molecule has 0 fully saturated rings. The molecule has 130 valence electrons. The van der Waals surface area contributed by atoms with E-state index in [1.807, 2.05) is 0 Å². The molecule has 1 amide bonds. The largest absolute Gasteiger partial charge is 0.383 e. The van der Waals surface area contributed by atoms with Gasteiger partial charge in [0.25, 0.3) is 11.2 Å². The first kappa shape index (κ1) is 17.7. The summed E-state index contributed by atoms with van der Waals surface area (Å²) in [6.07, 6.45) is 2.45. The number of benzene rings is 1. The third kappa shape index (κ3) is 3.63. The zero-order valence-corrected chi connectivity index (χ0v) is 13.4. The molecule has 0 aliphatic carbocycles. The fraction of sp³-hybridized carbons (Fsp3) is 0.133. The highest BCUT2D eigenvalue weighted by molar-refractivity contribution is 6.03. The van der Waals surface area contributed by atoms with Crippen LogP contribution in [0.4, 0.5) is 17.2 Å². The van der Waals surface area contributed by atoms with E-state index in [-0.39, 0.29) is 17.2 Å². The molecule has 1 heterocycles. The van der Waals surface area contributed by atoms with Crippen molar-refractivity contribution in [1.29, 1.82) is 0 Å². The molecule has 0 saturated carbocycles. The highest BCUT2D eigenvalue weighted by Gasteiger charge is 2.14. The van der Waals surface area contributed by atoms with Gasteiger partial charge in [-0.15, -0.1) is 0 Å². The van der Waals surface area contributed by atoms with Crippen molar-refractivity contribution in [2.24, 2.45) is 14.1 Å². The Bertz CT molecular complexity index is 1000. The van der Waals surface area contributed by atoms with Crippen LogP contribution in [0.3, 0.4) is 0 Å². The van der Waals surface area contributed by atoms with Crippen LogP contribution in [0.25, 0.3) is 6.08 Å². The van der Waals surface area contributed by atoms with E-state index in [4.69, 9.17) is 5.73 Å². The van der Waals surface area contributed by atoms with Crippen LogP contribution in [-0.2, 0) is 18.9 Å². The Morgan fingerprint density at radius 1 is 1.28 bits per heavy atom. The Hall–Kier alpha value is -3.69. The topological polar surface area (TPSA) is 142 Å². The number of nitrogens with zero attached hydrogens (tertiary/aromatic N) is 3. The van der Waals surface area contributed by atoms with Gasteiger partial charge < -0.3 is 11.1 Å². The molecule has 0 bridgehead atoms. The number of hydrogen-bond acceptors (Lipinski definition) is 6. The minimum atomic E-state index is -0.738. The fourth-order valence-corrected chi connectivity index (χ4v) is 2.06. The van der Waals surface area contributed by atoms with Gasteiger partial charge in [0, 0.05) is 32.3 Å². The van der Waals surface area contributed by atoms with Crippen molar-refractivity contribution in [3.8, 4) is 0 Å². The Kier molecular flexibility index (Phi) is 4.82. The highest BCUT2D eigenvalue weighted by atomic mass is 16.6. The van der Waals surface area contributed by atoms with Crippen molar-refractivity contribution in [2.75, 3.05) is 11.1 Å². The number of nitro groups is 1. The number of nitrogen functional groups attached to an aromatic ring is 1. The summed E-state index contributed by atoms with van der Waals surface area (Å²) in [6, 6.07) is 5.68. The molecule has 10 heteroatoms. The summed E-state index contributed by atoms with van der Waals surface area (Å²) in [5.74, 6) is -0.848. The van der Waals surface area contributed by atoms with Gasteiger partial charge in [0.1, 0.15) is 11.5 Å². The van der Waals surface area contributed by atoms with E-state index in [0.29, 0.717) is 5.56 Å². The number of amides is 1. The monoisotopic (exact) mass is 345 g/mol. The minimum absolute atomic E-state index is 0.112. The molecule has 0 aliphatic rings. The molecule has 1 aromatic carbocycles. The maximum absolute atomic E-state index is 12.0. The summed E-state index contributed by atoms with van der Waals surface area (Å²) < 4.78 is 1.84. The van der Waals surface area contributed by atoms with Crippen molar-refractivity contribution < 1.29 is 9.72 Å². The summed E-state index contributed by atoms with van der Waals surface area (Å²) >= 11 is 0. The van der Waals surface area contributed by atoms with Crippen LogP contribution >= 0.6 is 0 Å². The third-order valence-electron chi connectivity index (χ3n) is 3.47. The molecule has 3 N–H and O–H groups in total. The summed E-state index contributed by atoms with van der Waals surface area (Å²) in [6.45, 7) is 0. The highest BCUT2D eigenvalue weighted by Crippen LogP contribution is 2.14. The molecule has 0 aliphatic heterocycles. The SMILES string of the molecule is Cn1c(N)c(NC(=O)/C=C/c2cccc([N+](=O)[O-])c2)c(=O)n(C)c1=O. The molecular formula is C15H15N5O5. The molecule has 2 aromatic rings. The number of rotatable bonds is 4. The number of carbonyl (C=O) groups is 1. The molecule has 10 nitrogen and oxygen atoms in total. The first-order valence-electron chi connectivity index (χ1n) is 7.01.